The fourth-order valence-electron chi connectivity index (χ4n) is 2.50. The van der Waals surface area contributed by atoms with Gasteiger partial charge in [-0.2, -0.15) is 0 Å². The lowest BCUT2D eigenvalue weighted by atomic mass is 10.1. The number of H-pyrrole nitrogens is 1. The molecule has 0 aliphatic heterocycles. The molecule has 1 aromatic carbocycles. The Kier molecular flexibility index (Phi) is 5.11. The van der Waals surface area contributed by atoms with Crippen molar-refractivity contribution in [1.29, 1.82) is 0 Å². The zero-order valence-corrected chi connectivity index (χ0v) is 16.6. The van der Waals surface area contributed by atoms with E-state index < -0.39 is 0 Å². The summed E-state index contributed by atoms with van der Waals surface area (Å²) >= 11 is 8.83. The van der Waals surface area contributed by atoms with Gasteiger partial charge in [-0.05, 0) is 25.1 Å². The highest BCUT2D eigenvalue weighted by atomic mass is 35.5. The summed E-state index contributed by atoms with van der Waals surface area (Å²) in [6.45, 7) is 1.97. The van der Waals surface area contributed by atoms with Crippen LogP contribution in [0.1, 0.15) is 5.01 Å². The van der Waals surface area contributed by atoms with Gasteiger partial charge in [0.1, 0.15) is 0 Å². The van der Waals surface area contributed by atoms with Gasteiger partial charge in [-0.15, -0.1) is 11.3 Å². The van der Waals surface area contributed by atoms with Crippen LogP contribution < -0.4 is 5.32 Å². The average molecular weight is 416 g/mol. The number of carbonyl (C=O) groups is 1. The van der Waals surface area contributed by atoms with E-state index in [1.165, 1.54) is 11.8 Å². The number of benzene rings is 1. The molecule has 0 spiro atoms. The van der Waals surface area contributed by atoms with E-state index in [4.69, 9.17) is 11.6 Å². The van der Waals surface area contributed by atoms with Gasteiger partial charge in [0.05, 0.1) is 27.0 Å². The largest absolute Gasteiger partial charge is 0.331 e. The van der Waals surface area contributed by atoms with Crippen LogP contribution in [0.3, 0.4) is 0 Å². The first kappa shape index (κ1) is 18.0. The number of pyridine rings is 1. The van der Waals surface area contributed by atoms with Gasteiger partial charge in [0, 0.05) is 22.8 Å². The van der Waals surface area contributed by atoms with Crippen LogP contribution >= 0.6 is 34.7 Å². The molecule has 9 heteroatoms. The normalized spacial score (nSPS) is 11.0. The zero-order valence-electron chi connectivity index (χ0n) is 14.2. The highest BCUT2D eigenvalue weighted by Crippen LogP contribution is 2.25. The van der Waals surface area contributed by atoms with Crippen LogP contribution in [-0.2, 0) is 4.79 Å². The Bertz CT molecular complexity index is 1120. The van der Waals surface area contributed by atoms with E-state index in [9.17, 15) is 4.79 Å². The molecule has 0 radical (unpaired) electrons. The first-order chi connectivity index (χ1) is 13.1. The first-order valence-corrected chi connectivity index (χ1v) is 10.3. The number of aromatic nitrogens is 4. The average Bonchev–Trinajstić information content (AvgIpc) is 3.25. The van der Waals surface area contributed by atoms with Crippen LogP contribution in [0.5, 0.6) is 0 Å². The van der Waals surface area contributed by atoms with Gasteiger partial charge >= 0.3 is 0 Å². The number of thioether (sulfide) groups is 1. The molecule has 0 saturated carbocycles. The van der Waals surface area contributed by atoms with Crippen LogP contribution in [-0.4, -0.2) is 31.6 Å². The number of carbonyl (C=O) groups excluding carboxylic acids is 1. The number of aryl methyl sites for hydroxylation is 1. The monoisotopic (exact) mass is 415 g/mol. The fourth-order valence-corrected chi connectivity index (χ4v) is 3.96. The predicted octanol–water partition coefficient (Wildman–Crippen LogP) is 4.77. The van der Waals surface area contributed by atoms with Crippen molar-refractivity contribution < 1.29 is 4.79 Å². The van der Waals surface area contributed by atoms with E-state index in [-0.39, 0.29) is 11.7 Å². The Morgan fingerprint density at radius 3 is 3.04 bits per heavy atom. The molecule has 4 rings (SSSR count). The molecule has 1 amide bonds. The number of halogens is 1. The number of hydrogen-bond donors (Lipinski definition) is 2. The third kappa shape index (κ3) is 4.29. The Morgan fingerprint density at radius 2 is 2.22 bits per heavy atom. The minimum Gasteiger partial charge on any atom is -0.331 e. The minimum absolute atomic E-state index is 0.113. The van der Waals surface area contributed by atoms with Gasteiger partial charge in [0.15, 0.2) is 10.8 Å². The minimum atomic E-state index is -0.113. The second-order valence-electron chi connectivity index (χ2n) is 5.74. The van der Waals surface area contributed by atoms with Gasteiger partial charge in [0.25, 0.3) is 0 Å². The third-order valence-electron chi connectivity index (χ3n) is 3.68. The molecule has 0 fully saturated rings. The van der Waals surface area contributed by atoms with Crippen molar-refractivity contribution in [3.63, 3.8) is 0 Å². The summed E-state index contributed by atoms with van der Waals surface area (Å²) in [5.41, 5.74) is 3.95. The lowest BCUT2D eigenvalue weighted by molar-refractivity contribution is -0.113. The summed E-state index contributed by atoms with van der Waals surface area (Å²) in [4.78, 5) is 28.4. The highest BCUT2D eigenvalue weighted by molar-refractivity contribution is 7.99. The van der Waals surface area contributed by atoms with Crippen molar-refractivity contribution >= 4 is 57.5 Å². The molecule has 0 unspecified atom stereocenters. The summed E-state index contributed by atoms with van der Waals surface area (Å²) in [6.07, 6.45) is 1.54. The summed E-state index contributed by atoms with van der Waals surface area (Å²) in [5, 5.41) is 7.09. The second-order valence-corrected chi connectivity index (χ2v) is 8.20. The molecule has 0 bridgehead atoms. The van der Waals surface area contributed by atoms with E-state index in [0.717, 1.165) is 27.5 Å². The highest BCUT2D eigenvalue weighted by Gasteiger charge is 2.10. The van der Waals surface area contributed by atoms with E-state index in [0.29, 0.717) is 15.8 Å². The number of imidazole rings is 1. The quantitative estimate of drug-likeness (QED) is 0.458. The molecule has 0 aliphatic carbocycles. The smallest absolute Gasteiger partial charge is 0.234 e. The van der Waals surface area contributed by atoms with E-state index in [1.54, 1.807) is 23.6 Å². The summed E-state index contributed by atoms with van der Waals surface area (Å²) in [7, 11) is 0. The Balaban J connectivity index is 1.40. The van der Waals surface area contributed by atoms with Crippen molar-refractivity contribution in [2.45, 2.75) is 12.1 Å². The molecule has 3 heterocycles. The number of amides is 1. The number of hydrogen-bond acceptors (Lipinski definition) is 6. The summed E-state index contributed by atoms with van der Waals surface area (Å²) < 4.78 is 0. The Hall–Kier alpha value is -2.42. The van der Waals surface area contributed by atoms with Gasteiger partial charge in [-0.25, -0.2) is 15.0 Å². The molecule has 0 atom stereocenters. The van der Waals surface area contributed by atoms with Gasteiger partial charge in [-0.1, -0.05) is 35.5 Å². The first-order valence-electron chi connectivity index (χ1n) is 8.03. The van der Waals surface area contributed by atoms with Crippen molar-refractivity contribution in [1.82, 2.24) is 19.9 Å². The molecule has 0 aliphatic rings. The molecule has 2 N–H and O–H groups in total. The lowest BCUT2D eigenvalue weighted by Crippen LogP contribution is -2.14. The van der Waals surface area contributed by atoms with Crippen molar-refractivity contribution in [3.05, 3.63) is 51.9 Å². The maximum atomic E-state index is 12.3. The number of anilines is 1. The van der Waals surface area contributed by atoms with Gasteiger partial charge < -0.3 is 10.3 Å². The number of aromatic amines is 1. The van der Waals surface area contributed by atoms with E-state index >= 15 is 0 Å². The molecular weight excluding hydrogens is 402 g/mol. The molecule has 136 valence electrons. The number of fused-ring (bicyclic) bond motifs is 1. The Morgan fingerprint density at radius 1 is 1.33 bits per heavy atom. The molecular formula is C18H14ClN5OS2. The Labute approximate surface area is 168 Å². The number of thiazole rings is 1. The van der Waals surface area contributed by atoms with Crippen LogP contribution in [0.2, 0.25) is 5.02 Å². The summed E-state index contributed by atoms with van der Waals surface area (Å²) in [6, 6.07) is 9.42. The second kappa shape index (κ2) is 7.67. The van der Waals surface area contributed by atoms with Crippen LogP contribution in [0.4, 0.5) is 5.69 Å². The standard InChI is InChI=1S/C18H14ClN5OS2/c1-10-21-15(8-26-10)11-3-2-4-13(5-11)22-16(25)9-27-18-23-14-6-12(19)7-20-17(14)24-18/h2-8H,9H2,1H3,(H,22,25)(H,20,23,24). The van der Waals surface area contributed by atoms with Crippen LogP contribution in [0.25, 0.3) is 22.4 Å². The number of nitrogens with zero attached hydrogens (tertiary/aromatic N) is 3. The van der Waals surface area contributed by atoms with Gasteiger partial charge in [-0.3, -0.25) is 4.79 Å². The molecule has 6 nitrogen and oxygen atoms in total. The van der Waals surface area contributed by atoms with Crippen molar-refractivity contribution in [2.75, 3.05) is 11.1 Å². The fraction of sp³-hybridized carbons (Fsp3) is 0.111. The van der Waals surface area contributed by atoms with Crippen LogP contribution in [0.15, 0.2) is 47.1 Å². The van der Waals surface area contributed by atoms with Crippen LogP contribution in [0, 0.1) is 6.92 Å². The summed E-state index contributed by atoms with van der Waals surface area (Å²) in [5.74, 6) is 0.117. The topological polar surface area (TPSA) is 83.6 Å². The third-order valence-corrected chi connectivity index (χ3v) is 5.54. The molecule has 27 heavy (non-hydrogen) atoms. The maximum Gasteiger partial charge on any atom is 0.234 e. The number of rotatable bonds is 5. The maximum absolute atomic E-state index is 12.3. The van der Waals surface area contributed by atoms with Gasteiger partial charge in [0.2, 0.25) is 5.91 Å². The SMILES string of the molecule is Cc1nc(-c2cccc(NC(=O)CSc3nc4ncc(Cl)cc4[nH]3)c2)cs1. The lowest BCUT2D eigenvalue weighted by Gasteiger charge is -2.06. The zero-order chi connectivity index (χ0) is 18.8. The molecule has 0 saturated heterocycles. The van der Waals surface area contributed by atoms with Crippen molar-refractivity contribution in [2.24, 2.45) is 0 Å². The predicted molar refractivity (Wildman–Crippen MR) is 111 cm³/mol. The number of nitrogens with one attached hydrogen (secondary N) is 2. The van der Waals surface area contributed by atoms with E-state index in [1.807, 2.05) is 36.6 Å². The molecule has 4 aromatic rings. The van der Waals surface area contributed by atoms with E-state index in [2.05, 4.69) is 25.3 Å². The molecule has 3 aromatic heterocycles. The van der Waals surface area contributed by atoms with Crippen molar-refractivity contribution in [3.8, 4) is 11.3 Å².